The van der Waals surface area contributed by atoms with E-state index in [1.165, 1.54) is 19.2 Å². The van der Waals surface area contributed by atoms with Crippen LogP contribution in [0.25, 0.3) is 0 Å². The summed E-state index contributed by atoms with van der Waals surface area (Å²) < 4.78 is 50.3. The number of hydrogen-bond donors (Lipinski definition) is 1. The van der Waals surface area contributed by atoms with Gasteiger partial charge in [0, 0.05) is 12.3 Å². The van der Waals surface area contributed by atoms with Crippen molar-refractivity contribution < 1.29 is 27.4 Å². The monoisotopic (exact) mass is 373 g/mol. The quantitative estimate of drug-likeness (QED) is 0.700. The van der Waals surface area contributed by atoms with Gasteiger partial charge in [-0.05, 0) is 37.5 Å². The normalized spacial score (nSPS) is 17.4. The van der Waals surface area contributed by atoms with E-state index in [0.29, 0.717) is 19.4 Å². The third kappa shape index (κ3) is 4.90. The van der Waals surface area contributed by atoms with Gasteiger partial charge in [-0.25, -0.2) is 0 Å². The minimum Gasteiger partial charge on any atom is -0.496 e. The number of methoxy groups -OCH3 is 1. The summed E-state index contributed by atoms with van der Waals surface area (Å²) in [5.41, 5.74) is -1.79. The largest absolute Gasteiger partial charge is 0.496 e. The number of alkyl halides is 3. The molecule has 1 N–H and O–H groups in total. The highest BCUT2D eigenvalue weighted by Crippen LogP contribution is 2.38. The van der Waals surface area contributed by atoms with Gasteiger partial charge in [0.15, 0.2) is 0 Å². The number of carbonyl (C=O) groups is 1. The number of nitrogens with one attached hydrogen (secondary N) is 1. The van der Waals surface area contributed by atoms with Crippen molar-refractivity contribution in [3.63, 3.8) is 0 Å². The second-order valence-electron chi connectivity index (χ2n) is 6.62. The summed E-state index contributed by atoms with van der Waals surface area (Å²) in [6.45, 7) is 2.41. The first-order valence-electron chi connectivity index (χ1n) is 9.03. The Balaban J connectivity index is 2.25. The Morgan fingerprint density at radius 2 is 1.85 bits per heavy atom. The minimum absolute atomic E-state index is 0.0897. The molecule has 4 nitrogen and oxygen atoms in total. The van der Waals surface area contributed by atoms with Crippen LogP contribution in [-0.4, -0.2) is 25.2 Å². The number of rotatable bonds is 6. The molecule has 0 spiro atoms. The highest BCUT2D eigenvalue weighted by Gasteiger charge is 2.40. The molecule has 0 bridgehead atoms. The van der Waals surface area contributed by atoms with Crippen molar-refractivity contribution in [1.82, 2.24) is 0 Å². The Labute approximate surface area is 152 Å². The zero-order chi connectivity index (χ0) is 19.2. The van der Waals surface area contributed by atoms with Crippen LogP contribution in [0.3, 0.4) is 0 Å². The van der Waals surface area contributed by atoms with Crippen LogP contribution < -0.4 is 10.1 Å². The Kier molecular flexibility index (Phi) is 6.92. The van der Waals surface area contributed by atoms with Gasteiger partial charge in [0.25, 0.3) is 5.91 Å². The molecule has 0 atom stereocenters. The van der Waals surface area contributed by atoms with E-state index in [2.05, 4.69) is 5.32 Å². The van der Waals surface area contributed by atoms with Gasteiger partial charge in [0.05, 0.1) is 12.7 Å². The number of ether oxygens (including phenoxy) is 2. The molecule has 1 aromatic rings. The molecule has 0 aromatic heterocycles. The first kappa shape index (κ1) is 20.6. The van der Waals surface area contributed by atoms with Crippen molar-refractivity contribution in [3.8, 4) is 5.75 Å². The number of benzene rings is 1. The fraction of sp³-hybridized carbons (Fsp3) is 0.632. The molecule has 0 heterocycles. The minimum atomic E-state index is -4.56. The Hall–Kier alpha value is -1.76. The van der Waals surface area contributed by atoms with E-state index in [-0.39, 0.29) is 17.3 Å². The molecule has 1 aromatic carbocycles. The van der Waals surface area contributed by atoms with Crippen molar-refractivity contribution in [2.24, 2.45) is 0 Å². The molecular weight excluding hydrogens is 347 g/mol. The second-order valence-corrected chi connectivity index (χ2v) is 6.62. The van der Waals surface area contributed by atoms with Crippen molar-refractivity contribution >= 4 is 11.6 Å². The molecule has 0 aliphatic heterocycles. The number of carbonyl (C=O) groups excluding carboxylic acids is 1. The van der Waals surface area contributed by atoms with Gasteiger partial charge in [-0.15, -0.1) is 0 Å². The first-order chi connectivity index (χ1) is 12.3. The third-order valence-corrected chi connectivity index (χ3v) is 4.67. The van der Waals surface area contributed by atoms with Crippen molar-refractivity contribution in [1.29, 1.82) is 0 Å². The van der Waals surface area contributed by atoms with Crippen LogP contribution in [0.5, 0.6) is 5.75 Å². The van der Waals surface area contributed by atoms with Crippen LogP contribution in [-0.2, 0) is 15.7 Å². The standard InChI is InChI=1S/C19H26F3NO3/c1-3-12-26-18(10-6-4-5-7-11-18)17(24)23-14-8-9-16(25-2)15(13-14)19(20,21)22/h8-9,13H,3-7,10-12H2,1-2H3,(H,23,24). The summed E-state index contributed by atoms with van der Waals surface area (Å²) in [4.78, 5) is 12.9. The molecule has 7 heteroatoms. The summed E-state index contributed by atoms with van der Waals surface area (Å²) >= 11 is 0. The number of hydrogen-bond acceptors (Lipinski definition) is 3. The van der Waals surface area contributed by atoms with Crippen LogP contribution in [0.15, 0.2) is 18.2 Å². The topological polar surface area (TPSA) is 47.6 Å². The summed E-state index contributed by atoms with van der Waals surface area (Å²) in [6.07, 6.45) is 1.18. The second kappa shape index (κ2) is 8.75. The van der Waals surface area contributed by atoms with E-state index in [0.717, 1.165) is 38.2 Å². The summed E-state index contributed by atoms with van der Waals surface area (Å²) in [5, 5.41) is 2.63. The molecule has 2 rings (SSSR count). The molecule has 1 aliphatic carbocycles. The maximum absolute atomic E-state index is 13.2. The molecule has 26 heavy (non-hydrogen) atoms. The van der Waals surface area contributed by atoms with E-state index in [9.17, 15) is 18.0 Å². The molecule has 0 saturated heterocycles. The van der Waals surface area contributed by atoms with Crippen LogP contribution in [0.4, 0.5) is 18.9 Å². The zero-order valence-corrected chi connectivity index (χ0v) is 15.2. The number of amides is 1. The molecule has 1 aliphatic rings. The smallest absolute Gasteiger partial charge is 0.420 e. The highest BCUT2D eigenvalue weighted by molar-refractivity contribution is 5.97. The molecule has 0 unspecified atom stereocenters. The maximum atomic E-state index is 13.2. The predicted octanol–water partition coefficient (Wildman–Crippen LogP) is 5.17. The summed E-state index contributed by atoms with van der Waals surface area (Å²) in [5.74, 6) is -0.645. The summed E-state index contributed by atoms with van der Waals surface area (Å²) in [6, 6.07) is 3.53. The lowest BCUT2D eigenvalue weighted by atomic mass is 9.92. The average Bonchev–Trinajstić information content (AvgIpc) is 2.85. The summed E-state index contributed by atoms with van der Waals surface area (Å²) in [7, 11) is 1.18. The lowest BCUT2D eigenvalue weighted by Gasteiger charge is -2.31. The molecular formula is C19H26F3NO3. The number of halogens is 3. The lowest BCUT2D eigenvalue weighted by Crippen LogP contribution is -2.45. The number of anilines is 1. The van der Waals surface area contributed by atoms with E-state index in [1.807, 2.05) is 6.92 Å². The van der Waals surface area contributed by atoms with E-state index in [4.69, 9.17) is 9.47 Å². The lowest BCUT2D eigenvalue weighted by molar-refractivity contribution is -0.144. The van der Waals surface area contributed by atoms with Crippen LogP contribution in [0.1, 0.15) is 57.4 Å². The van der Waals surface area contributed by atoms with E-state index >= 15 is 0 Å². The van der Waals surface area contributed by atoms with Gasteiger partial charge in [0.1, 0.15) is 11.4 Å². The van der Waals surface area contributed by atoms with Crippen LogP contribution in [0.2, 0.25) is 0 Å². The van der Waals surface area contributed by atoms with Crippen molar-refractivity contribution in [2.75, 3.05) is 19.0 Å². The maximum Gasteiger partial charge on any atom is 0.420 e. The molecule has 1 fully saturated rings. The Bertz CT molecular complexity index is 609. The third-order valence-electron chi connectivity index (χ3n) is 4.67. The van der Waals surface area contributed by atoms with Crippen LogP contribution in [0, 0.1) is 0 Å². The molecule has 146 valence electrons. The van der Waals surface area contributed by atoms with Crippen molar-refractivity contribution in [3.05, 3.63) is 23.8 Å². The Morgan fingerprint density at radius 3 is 2.38 bits per heavy atom. The van der Waals surface area contributed by atoms with Gasteiger partial charge >= 0.3 is 6.18 Å². The van der Waals surface area contributed by atoms with Gasteiger partial charge < -0.3 is 14.8 Å². The Morgan fingerprint density at radius 1 is 1.19 bits per heavy atom. The molecule has 1 amide bonds. The fourth-order valence-electron chi connectivity index (χ4n) is 3.29. The fourth-order valence-corrected chi connectivity index (χ4v) is 3.29. The van der Waals surface area contributed by atoms with Crippen LogP contribution >= 0.6 is 0 Å². The van der Waals surface area contributed by atoms with Gasteiger partial charge in [0.2, 0.25) is 0 Å². The molecule has 0 radical (unpaired) electrons. The SMILES string of the molecule is CCCOC1(C(=O)Nc2ccc(OC)c(C(F)(F)F)c2)CCCCCC1. The van der Waals surface area contributed by atoms with E-state index < -0.39 is 17.3 Å². The van der Waals surface area contributed by atoms with Gasteiger partial charge in [-0.2, -0.15) is 13.2 Å². The van der Waals surface area contributed by atoms with Gasteiger partial charge in [-0.3, -0.25) is 4.79 Å². The predicted molar refractivity (Wildman–Crippen MR) is 93.3 cm³/mol. The molecule has 1 saturated carbocycles. The average molecular weight is 373 g/mol. The van der Waals surface area contributed by atoms with Gasteiger partial charge in [-0.1, -0.05) is 32.6 Å². The highest BCUT2D eigenvalue weighted by atomic mass is 19.4. The first-order valence-corrected chi connectivity index (χ1v) is 9.03. The van der Waals surface area contributed by atoms with Crippen molar-refractivity contribution in [2.45, 2.75) is 63.6 Å². The van der Waals surface area contributed by atoms with E-state index in [1.54, 1.807) is 0 Å². The zero-order valence-electron chi connectivity index (χ0n) is 15.2.